The number of carbonyl (C=O) groups excluding carboxylic acids is 2. The molecule has 0 spiro atoms. The van der Waals surface area contributed by atoms with Crippen molar-refractivity contribution in [2.45, 2.75) is 45.1 Å². The number of urea groups is 1. The van der Waals surface area contributed by atoms with Crippen LogP contribution in [0.15, 0.2) is 49.2 Å². The first-order chi connectivity index (χ1) is 22.2. The fourth-order valence-corrected chi connectivity index (χ4v) is 5.87. The number of alkyl halides is 3. The van der Waals surface area contributed by atoms with Crippen LogP contribution in [0.4, 0.5) is 52.5 Å². The minimum absolute atomic E-state index is 0.0407. The Hall–Kier alpha value is -4.56. The van der Waals surface area contributed by atoms with Gasteiger partial charge in [-0.05, 0) is 64.7 Å². The second kappa shape index (κ2) is 13.3. The number of fused-ring (bicyclic) bond motifs is 1. The number of anilines is 6. The molecular weight excluding hydrogens is 637 g/mol. The molecule has 3 aromatic rings. The molecule has 2 N–H and O–H groups in total. The Bertz CT molecular complexity index is 1700. The molecule has 1 atom stereocenters. The molecule has 11 nitrogen and oxygen atoms in total. The summed E-state index contributed by atoms with van der Waals surface area (Å²) >= 11 is 6.37. The number of methoxy groups -OCH3 is 1. The van der Waals surface area contributed by atoms with Crippen LogP contribution in [-0.4, -0.2) is 78.1 Å². The summed E-state index contributed by atoms with van der Waals surface area (Å²) in [6, 6.07) is 5.92. The maximum absolute atomic E-state index is 13.8. The van der Waals surface area contributed by atoms with Gasteiger partial charge in [0.2, 0.25) is 11.9 Å². The topological polar surface area (TPSA) is 106 Å². The van der Waals surface area contributed by atoms with Gasteiger partial charge in [-0.1, -0.05) is 18.2 Å². The number of carbonyl (C=O) groups is 2. The predicted octanol–water partition coefficient (Wildman–Crippen LogP) is 6.65. The van der Waals surface area contributed by atoms with Gasteiger partial charge in [-0.2, -0.15) is 18.2 Å². The zero-order chi connectivity index (χ0) is 34.2. The number of halogens is 4. The van der Waals surface area contributed by atoms with E-state index in [-0.39, 0.29) is 35.1 Å². The molecule has 15 heteroatoms. The van der Waals surface area contributed by atoms with Crippen LogP contribution in [0.25, 0.3) is 0 Å². The monoisotopic (exact) mass is 672 g/mol. The molecule has 2 aliphatic rings. The van der Waals surface area contributed by atoms with E-state index in [1.165, 1.54) is 18.1 Å². The van der Waals surface area contributed by atoms with Crippen LogP contribution >= 0.6 is 11.6 Å². The van der Waals surface area contributed by atoms with E-state index in [0.717, 1.165) is 43.4 Å². The summed E-state index contributed by atoms with van der Waals surface area (Å²) in [7, 11) is 5.57. The van der Waals surface area contributed by atoms with Crippen LogP contribution in [-0.2, 0) is 17.5 Å². The smallest absolute Gasteiger partial charge is 0.416 e. The maximum Gasteiger partial charge on any atom is 0.416 e. The van der Waals surface area contributed by atoms with Crippen LogP contribution in [0.1, 0.15) is 31.4 Å². The fraction of sp³-hybridized carbons (Fsp3) is 0.375. The highest BCUT2D eigenvalue weighted by atomic mass is 35.5. The molecule has 2 aromatic carbocycles. The molecule has 0 aliphatic carbocycles. The molecule has 1 saturated heterocycles. The first-order valence-corrected chi connectivity index (χ1v) is 15.3. The normalized spacial score (nSPS) is 16.5. The Morgan fingerprint density at radius 1 is 1.19 bits per heavy atom. The van der Waals surface area contributed by atoms with Crippen LogP contribution in [0.5, 0.6) is 5.75 Å². The third-order valence-corrected chi connectivity index (χ3v) is 8.52. The number of nitrogens with one attached hydrogen (secondary N) is 2. The fourth-order valence-electron chi connectivity index (χ4n) is 5.60. The van der Waals surface area contributed by atoms with Gasteiger partial charge >= 0.3 is 12.2 Å². The number of hydrogen-bond acceptors (Lipinski definition) is 8. The Balaban J connectivity index is 1.56. The number of benzene rings is 2. The summed E-state index contributed by atoms with van der Waals surface area (Å²) in [5.74, 6) is 0.279. The minimum Gasteiger partial charge on any atom is -0.494 e. The molecule has 1 aromatic heterocycles. The first-order valence-electron chi connectivity index (χ1n) is 14.9. The van der Waals surface area contributed by atoms with E-state index in [2.05, 4.69) is 37.0 Å². The van der Waals surface area contributed by atoms with Crippen molar-refractivity contribution >= 4 is 58.1 Å². The molecular formula is C32H36ClF3N8O3. The molecule has 0 unspecified atom stereocenters. The third-order valence-electron chi connectivity index (χ3n) is 8.21. The lowest BCUT2D eigenvalue weighted by Crippen LogP contribution is -2.48. The second-order valence-electron chi connectivity index (χ2n) is 11.8. The van der Waals surface area contributed by atoms with Crippen molar-refractivity contribution < 1.29 is 27.5 Å². The Kier molecular flexibility index (Phi) is 9.55. The average molecular weight is 673 g/mol. The SMILES string of the molecule is C=CC(=O)Nc1cc(Nc2ncc3c(n2)N(c2ccc(C(F)(F)F)cc2Cl)C(=O)N(C(C)C)C3)c(OC)cc1N1CC[C@@H](N(C)C)C1. The lowest BCUT2D eigenvalue weighted by molar-refractivity contribution is -0.137. The van der Waals surface area contributed by atoms with E-state index in [1.807, 2.05) is 34.0 Å². The van der Waals surface area contributed by atoms with Crippen LogP contribution < -0.4 is 25.2 Å². The standard InChI is InChI=1S/C32H36ClF3N8O3/c1-7-28(45)38-23-13-24(27(47-6)14-26(23)42-11-10-21(17-42)41(4)5)39-30-37-15-19-16-43(18(2)3)31(46)44(29(19)40-30)25-9-8-20(12-22(25)33)32(34,35)36/h7-9,12-15,18,21H,1,10-11,16-17H2,2-6H3,(H,38,45)(H,37,39,40)/t21-/m1/s1. The van der Waals surface area contributed by atoms with Gasteiger partial charge in [0.05, 0.1) is 47.0 Å². The van der Waals surface area contributed by atoms with E-state index in [1.54, 1.807) is 17.2 Å². The van der Waals surface area contributed by atoms with E-state index in [9.17, 15) is 22.8 Å². The van der Waals surface area contributed by atoms with Crippen molar-refractivity contribution in [2.24, 2.45) is 0 Å². The molecule has 0 radical (unpaired) electrons. The van der Waals surface area contributed by atoms with Gasteiger partial charge in [0.25, 0.3) is 0 Å². The molecule has 250 valence electrons. The number of amides is 3. The lowest BCUT2D eigenvalue weighted by atomic mass is 10.1. The summed E-state index contributed by atoms with van der Waals surface area (Å²) in [6.45, 7) is 8.92. The van der Waals surface area contributed by atoms with Gasteiger partial charge in [-0.15, -0.1) is 0 Å². The largest absolute Gasteiger partial charge is 0.494 e. The van der Waals surface area contributed by atoms with Crippen LogP contribution in [0.2, 0.25) is 5.02 Å². The maximum atomic E-state index is 13.8. The number of ether oxygens (including phenoxy) is 1. The van der Waals surface area contributed by atoms with Gasteiger partial charge in [-0.25, -0.2) is 14.7 Å². The molecule has 0 bridgehead atoms. The molecule has 3 amide bonds. The quantitative estimate of drug-likeness (QED) is 0.244. The summed E-state index contributed by atoms with van der Waals surface area (Å²) in [6.07, 6.45) is -0.945. The number of aromatic nitrogens is 2. The summed E-state index contributed by atoms with van der Waals surface area (Å²) in [5, 5.41) is 5.74. The van der Waals surface area contributed by atoms with Gasteiger partial charge in [0, 0.05) is 43.0 Å². The lowest BCUT2D eigenvalue weighted by Gasteiger charge is -2.38. The second-order valence-corrected chi connectivity index (χ2v) is 12.2. The molecule has 1 fully saturated rings. The van der Waals surface area contributed by atoms with Crippen LogP contribution in [0, 0.1) is 0 Å². The molecule has 3 heterocycles. The number of hydrogen-bond donors (Lipinski definition) is 2. The third kappa shape index (κ3) is 6.93. The van der Waals surface area contributed by atoms with Crippen molar-refractivity contribution in [3.05, 3.63) is 65.3 Å². The molecule has 2 aliphatic heterocycles. The van der Waals surface area contributed by atoms with Crippen molar-refractivity contribution in [1.29, 1.82) is 0 Å². The number of likely N-dealkylation sites (N-methyl/N-ethyl adjacent to an activating group) is 1. The van der Waals surface area contributed by atoms with E-state index in [0.29, 0.717) is 28.7 Å². The van der Waals surface area contributed by atoms with Crippen molar-refractivity contribution in [2.75, 3.05) is 54.7 Å². The Morgan fingerprint density at radius 2 is 1.94 bits per heavy atom. The van der Waals surface area contributed by atoms with Gasteiger partial charge in [-0.3, -0.25) is 4.79 Å². The Morgan fingerprint density at radius 3 is 2.53 bits per heavy atom. The molecule has 0 saturated carbocycles. The highest BCUT2D eigenvalue weighted by Gasteiger charge is 2.37. The van der Waals surface area contributed by atoms with Crippen molar-refractivity contribution in [3.63, 3.8) is 0 Å². The van der Waals surface area contributed by atoms with E-state index < -0.39 is 23.7 Å². The molecule has 47 heavy (non-hydrogen) atoms. The predicted molar refractivity (Wildman–Crippen MR) is 176 cm³/mol. The number of nitrogens with zero attached hydrogens (tertiary/aromatic N) is 6. The zero-order valence-corrected chi connectivity index (χ0v) is 27.4. The van der Waals surface area contributed by atoms with Gasteiger partial charge in [0.15, 0.2) is 5.82 Å². The summed E-state index contributed by atoms with van der Waals surface area (Å²) < 4.78 is 45.9. The number of rotatable bonds is 9. The highest BCUT2D eigenvalue weighted by molar-refractivity contribution is 6.34. The van der Waals surface area contributed by atoms with Gasteiger partial charge < -0.3 is 30.1 Å². The van der Waals surface area contributed by atoms with Gasteiger partial charge in [0.1, 0.15) is 5.75 Å². The minimum atomic E-state index is -4.61. The zero-order valence-electron chi connectivity index (χ0n) is 26.7. The molecule has 5 rings (SSSR count). The average Bonchev–Trinajstić information content (AvgIpc) is 3.51. The Labute approximate surface area is 275 Å². The van der Waals surface area contributed by atoms with Crippen molar-refractivity contribution in [3.8, 4) is 5.75 Å². The highest BCUT2D eigenvalue weighted by Crippen LogP contribution is 2.43. The van der Waals surface area contributed by atoms with Crippen molar-refractivity contribution in [1.82, 2.24) is 19.8 Å². The van der Waals surface area contributed by atoms with Crippen LogP contribution in [0.3, 0.4) is 0 Å². The van der Waals surface area contributed by atoms with E-state index >= 15 is 0 Å². The summed E-state index contributed by atoms with van der Waals surface area (Å²) in [5.41, 5.74) is 1.36. The first kappa shape index (κ1) is 33.8. The van der Waals surface area contributed by atoms with E-state index in [4.69, 9.17) is 16.3 Å². The summed E-state index contributed by atoms with van der Waals surface area (Å²) in [4.78, 5) is 42.4.